The van der Waals surface area contributed by atoms with Crippen molar-refractivity contribution in [2.45, 2.75) is 0 Å². The fraction of sp³-hybridized carbons (Fsp3) is 0. The Labute approximate surface area is 346 Å². The van der Waals surface area contributed by atoms with Crippen molar-refractivity contribution in [1.82, 2.24) is 9.13 Å². The Balaban J connectivity index is 1.01. The van der Waals surface area contributed by atoms with Gasteiger partial charge in [0.25, 0.3) is 0 Å². The van der Waals surface area contributed by atoms with Crippen molar-refractivity contribution in [3.8, 4) is 33.6 Å². The zero-order valence-electron chi connectivity index (χ0n) is 32.7. The first-order valence-corrected chi connectivity index (χ1v) is 20.8. The third kappa shape index (κ3) is 4.82. The summed E-state index contributed by atoms with van der Waals surface area (Å²) in [6.45, 7) is 0. The molecule has 0 fully saturated rings. The first-order valence-electron chi connectivity index (χ1n) is 20.8. The van der Waals surface area contributed by atoms with Gasteiger partial charge >= 0.3 is 0 Å². The lowest BCUT2D eigenvalue weighted by Crippen LogP contribution is -1.93. The number of benzene rings is 11. The van der Waals surface area contributed by atoms with Crippen molar-refractivity contribution in [3.05, 3.63) is 218 Å². The van der Waals surface area contributed by atoms with Gasteiger partial charge in [0.15, 0.2) is 0 Å². The highest BCUT2D eigenvalue weighted by molar-refractivity contribution is 6.23. The van der Waals surface area contributed by atoms with Gasteiger partial charge in [-0.1, -0.05) is 158 Å². The van der Waals surface area contributed by atoms with E-state index in [1.54, 1.807) is 0 Å². The number of hydrogen-bond donors (Lipinski definition) is 0. The highest BCUT2D eigenvalue weighted by Crippen LogP contribution is 2.43. The zero-order valence-corrected chi connectivity index (χ0v) is 32.7. The van der Waals surface area contributed by atoms with E-state index >= 15 is 0 Å². The van der Waals surface area contributed by atoms with Crippen LogP contribution in [0.4, 0.5) is 0 Å². The normalized spacial score (nSPS) is 12.0. The van der Waals surface area contributed by atoms with Crippen LogP contribution in [-0.2, 0) is 0 Å². The average Bonchev–Trinajstić information content (AvgIpc) is 3.83. The summed E-state index contributed by atoms with van der Waals surface area (Å²) in [6, 6.07) is 80.6. The van der Waals surface area contributed by atoms with Gasteiger partial charge in [-0.05, 0) is 126 Å². The second kappa shape index (κ2) is 12.8. The fourth-order valence-electron chi connectivity index (χ4n) is 10.2. The smallest absolute Gasteiger partial charge is 0.0547 e. The largest absolute Gasteiger partial charge is 0.309 e. The Morgan fingerprint density at radius 2 is 0.650 bits per heavy atom. The molecule has 13 aromatic rings. The van der Waals surface area contributed by atoms with Crippen LogP contribution in [0.3, 0.4) is 0 Å². The first-order chi connectivity index (χ1) is 29.8. The topological polar surface area (TPSA) is 9.86 Å². The van der Waals surface area contributed by atoms with Crippen LogP contribution in [0.1, 0.15) is 0 Å². The molecular weight excluding hydrogens is 725 g/mol. The van der Waals surface area contributed by atoms with Crippen molar-refractivity contribution in [2.75, 3.05) is 0 Å². The number of aromatic nitrogens is 2. The van der Waals surface area contributed by atoms with Gasteiger partial charge in [-0.15, -0.1) is 0 Å². The molecule has 0 spiro atoms. The molecule has 0 saturated carbocycles. The summed E-state index contributed by atoms with van der Waals surface area (Å²) in [7, 11) is 0. The van der Waals surface area contributed by atoms with Gasteiger partial charge < -0.3 is 9.13 Å². The summed E-state index contributed by atoms with van der Waals surface area (Å²) < 4.78 is 4.87. The summed E-state index contributed by atoms with van der Waals surface area (Å²) >= 11 is 0. The van der Waals surface area contributed by atoms with E-state index in [0.29, 0.717) is 0 Å². The molecule has 0 bridgehead atoms. The van der Waals surface area contributed by atoms with Crippen molar-refractivity contribution in [2.24, 2.45) is 0 Å². The molecular formula is C58H36N2. The van der Waals surface area contributed by atoms with Gasteiger partial charge in [0, 0.05) is 32.9 Å². The molecule has 2 heterocycles. The van der Waals surface area contributed by atoms with Crippen LogP contribution < -0.4 is 0 Å². The lowest BCUT2D eigenvalue weighted by molar-refractivity contribution is 1.18. The van der Waals surface area contributed by atoms with Gasteiger partial charge in [0.05, 0.1) is 22.1 Å². The number of hydrogen-bond acceptors (Lipinski definition) is 0. The van der Waals surface area contributed by atoms with Gasteiger partial charge in [-0.25, -0.2) is 0 Å². The molecule has 0 N–H and O–H groups in total. The van der Waals surface area contributed by atoms with Crippen LogP contribution >= 0.6 is 0 Å². The second-order valence-corrected chi connectivity index (χ2v) is 16.1. The van der Waals surface area contributed by atoms with Crippen molar-refractivity contribution < 1.29 is 0 Å². The Hall–Kier alpha value is -7.94. The molecule has 2 aromatic heterocycles. The Kier molecular flexibility index (Phi) is 7.05. The summed E-state index contributed by atoms with van der Waals surface area (Å²) in [6.07, 6.45) is 0. The standard InChI is InChI=1S/C58H36N2/c1-3-17-43(18-4-1)59-53-31-27-37-13-7-9-21-47(37)57(53)49-29-25-41(35-55(49)59)45-23-11-15-39-34-52-40(33-51(39)45)16-12-24-46(52)42-26-30-50-56(36-42)60(44-19-5-2-6-20-44)54-32-28-38-14-8-10-22-48(38)58(50)54/h1-36H. The number of para-hydroxylation sites is 2. The van der Waals surface area contributed by atoms with Crippen molar-refractivity contribution in [1.29, 1.82) is 0 Å². The summed E-state index contributed by atoms with van der Waals surface area (Å²) in [5, 5.41) is 15.2. The molecule has 2 nitrogen and oxygen atoms in total. The summed E-state index contributed by atoms with van der Waals surface area (Å²) in [5.41, 5.74) is 12.1. The monoisotopic (exact) mass is 760 g/mol. The molecule has 0 amide bonds. The maximum absolute atomic E-state index is 2.43. The molecule has 278 valence electrons. The van der Waals surface area contributed by atoms with E-state index < -0.39 is 0 Å². The third-order valence-electron chi connectivity index (χ3n) is 12.8. The molecule has 2 heteroatoms. The van der Waals surface area contributed by atoms with Gasteiger partial charge in [0.2, 0.25) is 0 Å². The minimum atomic E-state index is 1.16. The van der Waals surface area contributed by atoms with E-state index in [1.165, 1.54) is 109 Å². The van der Waals surface area contributed by atoms with E-state index in [0.717, 1.165) is 11.4 Å². The molecule has 0 aliphatic heterocycles. The van der Waals surface area contributed by atoms with Crippen LogP contribution in [0.5, 0.6) is 0 Å². The molecule has 0 atom stereocenters. The van der Waals surface area contributed by atoms with Gasteiger partial charge in [-0.2, -0.15) is 0 Å². The molecule has 13 rings (SSSR count). The average molecular weight is 761 g/mol. The van der Waals surface area contributed by atoms with E-state index in [-0.39, 0.29) is 0 Å². The number of nitrogens with zero attached hydrogens (tertiary/aromatic N) is 2. The van der Waals surface area contributed by atoms with Crippen molar-refractivity contribution >= 4 is 86.7 Å². The number of rotatable bonds is 4. The van der Waals surface area contributed by atoms with Crippen LogP contribution in [0.25, 0.3) is 120 Å². The Morgan fingerprint density at radius 1 is 0.233 bits per heavy atom. The molecule has 0 saturated heterocycles. The molecule has 60 heavy (non-hydrogen) atoms. The lowest BCUT2D eigenvalue weighted by Gasteiger charge is -2.13. The Morgan fingerprint density at radius 3 is 1.12 bits per heavy atom. The third-order valence-corrected chi connectivity index (χ3v) is 12.8. The fourth-order valence-corrected chi connectivity index (χ4v) is 10.2. The number of fused-ring (bicyclic) bond motifs is 12. The quantitative estimate of drug-likeness (QED) is 0.158. The van der Waals surface area contributed by atoms with Crippen molar-refractivity contribution in [3.63, 3.8) is 0 Å². The summed E-state index contributed by atoms with van der Waals surface area (Å²) in [5.74, 6) is 0. The minimum absolute atomic E-state index is 1.16. The SMILES string of the molecule is c1ccc(-n2c3cc(-c4cccc5cc6c(-c7ccc8c9c%10ccccc%10ccc9n(-c9ccccc9)c8c7)cccc6cc45)ccc3c3c4ccccc4ccc32)cc1. The molecule has 0 aliphatic rings. The zero-order chi connectivity index (χ0) is 39.3. The molecule has 0 radical (unpaired) electrons. The van der Waals surface area contributed by atoms with Crippen LogP contribution in [-0.4, -0.2) is 9.13 Å². The Bertz CT molecular complexity index is 3610. The molecule has 0 aliphatic carbocycles. The van der Waals surface area contributed by atoms with Gasteiger partial charge in [-0.3, -0.25) is 0 Å². The van der Waals surface area contributed by atoms with E-state index in [1.807, 2.05) is 0 Å². The van der Waals surface area contributed by atoms with Crippen LogP contribution in [0.15, 0.2) is 218 Å². The maximum Gasteiger partial charge on any atom is 0.0547 e. The van der Waals surface area contributed by atoms with Crippen LogP contribution in [0.2, 0.25) is 0 Å². The highest BCUT2D eigenvalue weighted by atomic mass is 15.0. The van der Waals surface area contributed by atoms with E-state index in [9.17, 15) is 0 Å². The highest BCUT2D eigenvalue weighted by Gasteiger charge is 2.19. The van der Waals surface area contributed by atoms with Crippen LogP contribution in [0, 0.1) is 0 Å². The predicted octanol–water partition coefficient (Wildman–Crippen LogP) is 15.8. The molecule has 11 aromatic carbocycles. The minimum Gasteiger partial charge on any atom is -0.309 e. The van der Waals surface area contributed by atoms with E-state index in [2.05, 4.69) is 228 Å². The summed E-state index contributed by atoms with van der Waals surface area (Å²) in [4.78, 5) is 0. The lowest BCUT2D eigenvalue weighted by atomic mass is 9.91. The predicted molar refractivity (Wildman–Crippen MR) is 256 cm³/mol. The maximum atomic E-state index is 2.43. The van der Waals surface area contributed by atoms with E-state index in [4.69, 9.17) is 0 Å². The van der Waals surface area contributed by atoms with Gasteiger partial charge in [0.1, 0.15) is 0 Å². The second-order valence-electron chi connectivity index (χ2n) is 16.1. The molecule has 0 unspecified atom stereocenters. The first kappa shape index (κ1) is 33.1.